The van der Waals surface area contributed by atoms with Gasteiger partial charge in [0.1, 0.15) is 12.1 Å². The van der Waals surface area contributed by atoms with Crippen molar-refractivity contribution in [3.63, 3.8) is 0 Å². The Morgan fingerprint density at radius 1 is 1.18 bits per heavy atom. The van der Waals surface area contributed by atoms with Crippen LogP contribution in [-0.2, 0) is 0 Å². The molecule has 0 aliphatic heterocycles. The fourth-order valence-electron chi connectivity index (χ4n) is 1.13. The number of nitrogen functional groups attached to an aromatic ring is 1. The Morgan fingerprint density at radius 3 is 2.65 bits per heavy atom. The molecule has 0 atom stereocenters. The Labute approximate surface area is 104 Å². The van der Waals surface area contributed by atoms with E-state index in [-0.39, 0.29) is 17.4 Å². The Bertz CT molecular complexity index is 565. The molecular formula is C10H6BrF2N3O. The third kappa shape index (κ3) is 2.68. The first-order chi connectivity index (χ1) is 8.06. The fourth-order valence-corrected chi connectivity index (χ4v) is 1.54. The van der Waals surface area contributed by atoms with Gasteiger partial charge in [-0.1, -0.05) is 15.9 Å². The van der Waals surface area contributed by atoms with Gasteiger partial charge in [-0.2, -0.15) is 4.39 Å². The van der Waals surface area contributed by atoms with Crippen LogP contribution < -0.4 is 10.5 Å². The first kappa shape index (κ1) is 11.7. The molecule has 1 aromatic heterocycles. The smallest absolute Gasteiger partial charge is 0.224 e. The van der Waals surface area contributed by atoms with Crippen molar-refractivity contribution in [1.82, 2.24) is 9.97 Å². The largest absolute Gasteiger partial charge is 0.436 e. The van der Waals surface area contributed by atoms with E-state index < -0.39 is 11.6 Å². The second kappa shape index (κ2) is 4.62. The summed E-state index contributed by atoms with van der Waals surface area (Å²) in [6.45, 7) is 0. The van der Waals surface area contributed by atoms with Gasteiger partial charge in [0.15, 0.2) is 11.6 Å². The van der Waals surface area contributed by atoms with E-state index in [9.17, 15) is 8.78 Å². The zero-order valence-corrected chi connectivity index (χ0v) is 9.91. The zero-order chi connectivity index (χ0) is 12.4. The van der Waals surface area contributed by atoms with E-state index in [4.69, 9.17) is 10.5 Å². The van der Waals surface area contributed by atoms with Crippen molar-refractivity contribution in [3.05, 3.63) is 40.6 Å². The molecule has 17 heavy (non-hydrogen) atoms. The molecule has 2 rings (SSSR count). The molecule has 1 heterocycles. The lowest BCUT2D eigenvalue weighted by Crippen LogP contribution is -1.96. The van der Waals surface area contributed by atoms with E-state index in [0.29, 0.717) is 4.47 Å². The lowest BCUT2D eigenvalue weighted by molar-refractivity contribution is 0.404. The lowest BCUT2D eigenvalue weighted by atomic mass is 10.3. The summed E-state index contributed by atoms with van der Waals surface area (Å²) in [7, 11) is 0. The van der Waals surface area contributed by atoms with Gasteiger partial charge in [-0.05, 0) is 12.1 Å². The molecular weight excluding hydrogens is 296 g/mol. The summed E-state index contributed by atoms with van der Waals surface area (Å²) in [6.07, 6.45) is 1.16. The van der Waals surface area contributed by atoms with E-state index in [0.717, 1.165) is 12.4 Å². The average Bonchev–Trinajstić information content (AvgIpc) is 2.25. The normalized spacial score (nSPS) is 10.3. The molecule has 0 saturated carbocycles. The van der Waals surface area contributed by atoms with Crippen LogP contribution in [0, 0.1) is 11.6 Å². The van der Waals surface area contributed by atoms with Gasteiger partial charge in [-0.3, -0.25) is 0 Å². The third-order valence-corrected chi connectivity index (χ3v) is 2.30. The predicted molar refractivity (Wildman–Crippen MR) is 60.6 cm³/mol. The molecule has 7 heteroatoms. The maximum Gasteiger partial charge on any atom is 0.224 e. The van der Waals surface area contributed by atoms with E-state index in [2.05, 4.69) is 25.9 Å². The summed E-state index contributed by atoms with van der Waals surface area (Å²) in [5.74, 6) is -2.18. The molecule has 88 valence electrons. The van der Waals surface area contributed by atoms with E-state index in [1.54, 1.807) is 0 Å². The highest BCUT2D eigenvalue weighted by Crippen LogP contribution is 2.28. The summed E-state index contributed by atoms with van der Waals surface area (Å²) in [4.78, 5) is 7.37. The first-order valence-electron chi connectivity index (χ1n) is 4.46. The van der Waals surface area contributed by atoms with Crippen LogP contribution in [0.15, 0.2) is 29.0 Å². The predicted octanol–water partition coefficient (Wildman–Crippen LogP) is 2.89. The summed E-state index contributed by atoms with van der Waals surface area (Å²) >= 11 is 3.03. The topological polar surface area (TPSA) is 61.0 Å². The van der Waals surface area contributed by atoms with Crippen molar-refractivity contribution in [2.45, 2.75) is 0 Å². The van der Waals surface area contributed by atoms with Gasteiger partial charge in [-0.15, -0.1) is 0 Å². The van der Waals surface area contributed by atoms with Crippen LogP contribution in [0.5, 0.6) is 11.6 Å². The molecule has 0 saturated heterocycles. The van der Waals surface area contributed by atoms with Crippen LogP contribution in [0.2, 0.25) is 0 Å². The molecule has 0 unspecified atom stereocenters. The van der Waals surface area contributed by atoms with Crippen LogP contribution in [-0.4, -0.2) is 9.97 Å². The zero-order valence-electron chi connectivity index (χ0n) is 8.32. The van der Waals surface area contributed by atoms with Crippen LogP contribution in [0.4, 0.5) is 14.6 Å². The van der Waals surface area contributed by atoms with Crippen molar-refractivity contribution in [2.24, 2.45) is 0 Å². The average molecular weight is 302 g/mol. The fraction of sp³-hybridized carbons (Fsp3) is 0. The second-order valence-electron chi connectivity index (χ2n) is 3.08. The summed E-state index contributed by atoms with van der Waals surface area (Å²) in [5, 5.41) is 0. The van der Waals surface area contributed by atoms with Gasteiger partial charge in [0.05, 0.1) is 0 Å². The second-order valence-corrected chi connectivity index (χ2v) is 4.00. The molecule has 0 fully saturated rings. The third-order valence-electron chi connectivity index (χ3n) is 1.84. The van der Waals surface area contributed by atoms with Gasteiger partial charge in [0.2, 0.25) is 11.7 Å². The maximum absolute atomic E-state index is 13.4. The molecule has 0 radical (unpaired) electrons. The molecule has 0 bridgehead atoms. The van der Waals surface area contributed by atoms with Gasteiger partial charge < -0.3 is 10.5 Å². The van der Waals surface area contributed by atoms with E-state index >= 15 is 0 Å². The number of anilines is 1. The number of nitrogens with zero attached hydrogens (tertiary/aromatic N) is 2. The Morgan fingerprint density at radius 2 is 1.94 bits per heavy atom. The minimum atomic E-state index is -1.09. The number of hydrogen-bond acceptors (Lipinski definition) is 4. The van der Waals surface area contributed by atoms with Gasteiger partial charge in [0, 0.05) is 10.5 Å². The molecule has 2 aromatic rings. The summed E-state index contributed by atoms with van der Waals surface area (Å²) in [6, 6.07) is 3.59. The number of ether oxygens (including phenoxy) is 1. The van der Waals surface area contributed by atoms with Crippen LogP contribution in [0.25, 0.3) is 0 Å². The van der Waals surface area contributed by atoms with Crippen LogP contribution in [0.1, 0.15) is 0 Å². The van der Waals surface area contributed by atoms with Gasteiger partial charge >= 0.3 is 0 Å². The van der Waals surface area contributed by atoms with Crippen LogP contribution in [0.3, 0.4) is 0 Å². The van der Waals surface area contributed by atoms with Gasteiger partial charge in [-0.25, -0.2) is 14.4 Å². The lowest BCUT2D eigenvalue weighted by Gasteiger charge is -2.06. The number of nitrogens with two attached hydrogens (primary N) is 1. The van der Waals surface area contributed by atoms with E-state index in [1.807, 2.05) is 0 Å². The number of rotatable bonds is 2. The minimum absolute atomic E-state index is 0.0360. The highest BCUT2D eigenvalue weighted by molar-refractivity contribution is 9.10. The molecule has 0 amide bonds. The quantitative estimate of drug-likeness (QED) is 0.867. The standard InChI is InChI=1S/C10H6BrF2N3O/c11-5-1-6(12)10(13)7(2-5)17-9-3-8(14)15-4-16-9/h1-4H,(H2,14,15,16). The summed E-state index contributed by atoms with van der Waals surface area (Å²) in [5.41, 5.74) is 5.40. The summed E-state index contributed by atoms with van der Waals surface area (Å²) < 4.78 is 31.9. The maximum atomic E-state index is 13.4. The number of hydrogen-bond donors (Lipinski definition) is 1. The number of halogens is 3. The van der Waals surface area contributed by atoms with Crippen LogP contribution >= 0.6 is 15.9 Å². The highest BCUT2D eigenvalue weighted by Gasteiger charge is 2.12. The van der Waals surface area contributed by atoms with Crippen molar-refractivity contribution in [1.29, 1.82) is 0 Å². The SMILES string of the molecule is Nc1cc(Oc2cc(Br)cc(F)c2F)ncn1. The Balaban J connectivity index is 2.36. The number of benzene rings is 1. The highest BCUT2D eigenvalue weighted by atomic mass is 79.9. The Kier molecular flexibility index (Phi) is 3.19. The van der Waals surface area contributed by atoms with Crippen molar-refractivity contribution < 1.29 is 13.5 Å². The first-order valence-corrected chi connectivity index (χ1v) is 5.25. The molecule has 4 nitrogen and oxygen atoms in total. The molecule has 0 aliphatic carbocycles. The Hall–Kier alpha value is -1.76. The monoisotopic (exact) mass is 301 g/mol. The molecule has 0 aliphatic rings. The van der Waals surface area contributed by atoms with Crippen molar-refractivity contribution >= 4 is 21.7 Å². The molecule has 2 N–H and O–H groups in total. The minimum Gasteiger partial charge on any atom is -0.436 e. The van der Waals surface area contributed by atoms with Crippen molar-refractivity contribution in [2.75, 3.05) is 5.73 Å². The number of aromatic nitrogens is 2. The molecule has 0 spiro atoms. The van der Waals surface area contributed by atoms with Crippen molar-refractivity contribution in [3.8, 4) is 11.6 Å². The van der Waals surface area contributed by atoms with Gasteiger partial charge in [0.25, 0.3) is 0 Å². The van der Waals surface area contributed by atoms with E-state index in [1.165, 1.54) is 12.1 Å². The molecule has 1 aromatic carbocycles.